The lowest BCUT2D eigenvalue weighted by atomic mass is 10.1. The number of ether oxygens (including phenoxy) is 2. The summed E-state index contributed by atoms with van der Waals surface area (Å²) < 4.78 is 13.3. The summed E-state index contributed by atoms with van der Waals surface area (Å²) in [6.45, 7) is 2.49. The average Bonchev–Trinajstić information content (AvgIpc) is 3.28. The van der Waals surface area contributed by atoms with Crippen molar-refractivity contribution < 1.29 is 9.47 Å². The Morgan fingerprint density at radius 1 is 1.06 bits per heavy atom. The van der Waals surface area contributed by atoms with Crippen LogP contribution in [0.25, 0.3) is 0 Å². The SMILES string of the molecule is COc1cccc(/C=N/n2cnnc2SCc2ccc(Cl)cc2)c1OCc1cccc(C)c1. The number of nitrogens with zero attached hydrogens (tertiary/aromatic N) is 4. The van der Waals surface area contributed by atoms with Gasteiger partial charge in [0.15, 0.2) is 11.5 Å². The molecule has 0 unspecified atom stereocenters. The van der Waals surface area contributed by atoms with Gasteiger partial charge in [-0.1, -0.05) is 71.4 Å². The van der Waals surface area contributed by atoms with Crippen LogP contribution in [-0.4, -0.2) is 28.2 Å². The molecule has 0 spiro atoms. The fourth-order valence-corrected chi connectivity index (χ4v) is 4.10. The molecule has 3 aromatic carbocycles. The third-order valence-corrected chi connectivity index (χ3v) is 6.05. The molecule has 0 aliphatic heterocycles. The van der Waals surface area contributed by atoms with Crippen molar-refractivity contribution >= 4 is 29.6 Å². The van der Waals surface area contributed by atoms with Crippen LogP contribution in [0.5, 0.6) is 11.5 Å². The van der Waals surface area contributed by atoms with Gasteiger partial charge in [-0.05, 0) is 42.3 Å². The first-order valence-electron chi connectivity index (χ1n) is 10.3. The Labute approximate surface area is 202 Å². The van der Waals surface area contributed by atoms with Gasteiger partial charge >= 0.3 is 0 Å². The predicted octanol–water partition coefficient (Wildman–Crippen LogP) is 6.00. The van der Waals surface area contributed by atoms with E-state index < -0.39 is 0 Å². The Morgan fingerprint density at radius 2 is 1.88 bits per heavy atom. The number of methoxy groups -OCH3 is 1. The van der Waals surface area contributed by atoms with E-state index in [0.29, 0.717) is 23.3 Å². The van der Waals surface area contributed by atoms with E-state index >= 15 is 0 Å². The van der Waals surface area contributed by atoms with Crippen molar-refractivity contribution in [1.29, 1.82) is 0 Å². The molecule has 0 aliphatic carbocycles. The van der Waals surface area contributed by atoms with E-state index in [4.69, 9.17) is 21.1 Å². The minimum Gasteiger partial charge on any atom is -0.493 e. The minimum absolute atomic E-state index is 0.428. The first-order chi connectivity index (χ1) is 16.1. The van der Waals surface area contributed by atoms with Crippen molar-refractivity contribution in [3.63, 3.8) is 0 Å². The van der Waals surface area contributed by atoms with Gasteiger partial charge in [-0.3, -0.25) is 0 Å². The van der Waals surface area contributed by atoms with Crippen LogP contribution >= 0.6 is 23.4 Å². The number of para-hydroxylation sites is 1. The summed E-state index contributed by atoms with van der Waals surface area (Å²) in [4.78, 5) is 0. The molecule has 4 rings (SSSR count). The van der Waals surface area contributed by atoms with Crippen LogP contribution in [0.4, 0.5) is 0 Å². The van der Waals surface area contributed by atoms with Crippen molar-refractivity contribution in [2.45, 2.75) is 24.4 Å². The van der Waals surface area contributed by atoms with Gasteiger partial charge in [0.2, 0.25) is 5.16 Å². The molecular formula is C25H23ClN4O2S. The quantitative estimate of drug-likeness (QED) is 0.218. The average molecular weight is 479 g/mol. The Morgan fingerprint density at radius 3 is 2.67 bits per heavy atom. The number of aryl methyl sites for hydroxylation is 1. The Bertz CT molecular complexity index is 1240. The highest BCUT2D eigenvalue weighted by Gasteiger charge is 2.11. The van der Waals surface area contributed by atoms with Crippen LogP contribution in [0, 0.1) is 6.92 Å². The van der Waals surface area contributed by atoms with Crippen molar-refractivity contribution in [2.75, 3.05) is 7.11 Å². The first kappa shape index (κ1) is 22.9. The summed E-state index contributed by atoms with van der Waals surface area (Å²) in [5.41, 5.74) is 4.21. The summed E-state index contributed by atoms with van der Waals surface area (Å²) in [6, 6.07) is 21.7. The number of hydrogen-bond donors (Lipinski definition) is 0. The van der Waals surface area contributed by atoms with Gasteiger partial charge in [-0.2, -0.15) is 9.78 Å². The van der Waals surface area contributed by atoms with Crippen LogP contribution in [0.2, 0.25) is 5.02 Å². The molecule has 0 fully saturated rings. The highest BCUT2D eigenvalue weighted by atomic mass is 35.5. The summed E-state index contributed by atoms with van der Waals surface area (Å²) in [7, 11) is 1.63. The zero-order valence-corrected chi connectivity index (χ0v) is 19.9. The van der Waals surface area contributed by atoms with Crippen LogP contribution in [-0.2, 0) is 12.4 Å². The molecule has 168 valence electrons. The van der Waals surface area contributed by atoms with Gasteiger partial charge in [0.1, 0.15) is 12.9 Å². The largest absolute Gasteiger partial charge is 0.493 e. The third kappa shape index (κ3) is 6.15. The molecule has 1 aromatic heterocycles. The van der Waals surface area contributed by atoms with Crippen molar-refractivity contribution in [3.8, 4) is 11.5 Å². The van der Waals surface area contributed by atoms with E-state index in [1.165, 1.54) is 5.56 Å². The lowest BCUT2D eigenvalue weighted by Gasteiger charge is -2.13. The molecule has 8 heteroatoms. The number of halogens is 1. The van der Waals surface area contributed by atoms with E-state index in [1.54, 1.807) is 36.1 Å². The number of hydrogen-bond acceptors (Lipinski definition) is 6. The lowest BCUT2D eigenvalue weighted by molar-refractivity contribution is 0.284. The standard InChI is InChI=1S/C25H23ClN4O2S/c1-18-5-3-6-20(13-18)15-32-24-21(7-4-8-23(24)31-2)14-28-30-17-27-29-25(30)33-16-19-9-11-22(26)12-10-19/h3-14,17H,15-16H2,1-2H3/b28-14+. The van der Waals surface area contributed by atoms with E-state index in [-0.39, 0.29) is 0 Å². The van der Waals surface area contributed by atoms with Gasteiger partial charge in [0, 0.05) is 16.3 Å². The van der Waals surface area contributed by atoms with Gasteiger partial charge in [0.25, 0.3) is 0 Å². The number of benzene rings is 3. The molecule has 0 amide bonds. The van der Waals surface area contributed by atoms with Crippen molar-refractivity contribution in [2.24, 2.45) is 5.10 Å². The molecule has 1 heterocycles. The van der Waals surface area contributed by atoms with E-state index in [0.717, 1.165) is 27.5 Å². The monoisotopic (exact) mass is 478 g/mol. The van der Waals surface area contributed by atoms with Gasteiger partial charge < -0.3 is 9.47 Å². The molecule has 0 aliphatic rings. The molecule has 0 bridgehead atoms. The number of thioether (sulfide) groups is 1. The van der Waals surface area contributed by atoms with Crippen molar-refractivity contribution in [3.05, 3.63) is 100 Å². The Kier molecular flexibility index (Phi) is 7.65. The molecule has 0 radical (unpaired) electrons. The molecule has 33 heavy (non-hydrogen) atoms. The molecule has 0 saturated heterocycles. The fraction of sp³-hybridized carbons (Fsp3) is 0.160. The molecule has 0 saturated carbocycles. The number of rotatable bonds is 9. The molecule has 4 aromatic rings. The zero-order chi connectivity index (χ0) is 23.0. The van der Waals surface area contributed by atoms with Gasteiger partial charge in [0.05, 0.1) is 13.3 Å². The summed E-state index contributed by atoms with van der Waals surface area (Å²) in [5, 5.41) is 14.1. The normalized spacial score (nSPS) is 11.1. The Balaban J connectivity index is 1.50. The second-order valence-electron chi connectivity index (χ2n) is 7.27. The highest BCUT2D eigenvalue weighted by molar-refractivity contribution is 7.98. The lowest BCUT2D eigenvalue weighted by Crippen LogP contribution is -2.02. The Hall–Kier alpha value is -3.29. The van der Waals surface area contributed by atoms with E-state index in [2.05, 4.69) is 34.4 Å². The first-order valence-corrected chi connectivity index (χ1v) is 11.7. The fourth-order valence-electron chi connectivity index (χ4n) is 3.15. The highest BCUT2D eigenvalue weighted by Crippen LogP contribution is 2.31. The summed E-state index contributed by atoms with van der Waals surface area (Å²) in [6.07, 6.45) is 3.30. The molecule has 0 atom stereocenters. The van der Waals surface area contributed by atoms with Gasteiger partial charge in [-0.15, -0.1) is 10.2 Å². The smallest absolute Gasteiger partial charge is 0.212 e. The molecular weight excluding hydrogens is 456 g/mol. The second kappa shape index (κ2) is 11.0. The second-order valence-corrected chi connectivity index (χ2v) is 8.65. The summed E-state index contributed by atoms with van der Waals surface area (Å²) >= 11 is 7.51. The van der Waals surface area contributed by atoms with Crippen LogP contribution in [0.3, 0.4) is 0 Å². The maximum atomic E-state index is 6.14. The zero-order valence-electron chi connectivity index (χ0n) is 18.3. The van der Waals surface area contributed by atoms with Crippen molar-refractivity contribution in [1.82, 2.24) is 14.9 Å². The third-order valence-electron chi connectivity index (χ3n) is 4.80. The molecule has 0 N–H and O–H groups in total. The molecule has 6 nitrogen and oxygen atoms in total. The predicted molar refractivity (Wildman–Crippen MR) is 133 cm³/mol. The van der Waals surface area contributed by atoms with Crippen LogP contribution < -0.4 is 9.47 Å². The van der Waals surface area contributed by atoms with Gasteiger partial charge in [-0.25, -0.2) is 0 Å². The van der Waals surface area contributed by atoms with E-state index in [9.17, 15) is 0 Å². The topological polar surface area (TPSA) is 61.5 Å². The van der Waals surface area contributed by atoms with Crippen LogP contribution in [0.15, 0.2) is 83.3 Å². The van der Waals surface area contributed by atoms with Crippen LogP contribution in [0.1, 0.15) is 22.3 Å². The maximum absolute atomic E-state index is 6.14. The van der Waals surface area contributed by atoms with E-state index in [1.807, 2.05) is 54.6 Å². The minimum atomic E-state index is 0.428. The number of aromatic nitrogens is 3. The maximum Gasteiger partial charge on any atom is 0.212 e. The summed E-state index contributed by atoms with van der Waals surface area (Å²) in [5.74, 6) is 2.01.